The van der Waals surface area contributed by atoms with Gasteiger partial charge in [-0.25, -0.2) is 0 Å². The average molecular weight is 219 g/mol. The second kappa shape index (κ2) is 4.00. The molecule has 0 aliphatic carbocycles. The van der Waals surface area contributed by atoms with E-state index in [0.29, 0.717) is 19.0 Å². The number of aliphatic imine (C=N–C) groups is 1. The normalized spacial score (nSPS) is 20.0. The molecule has 1 aromatic heterocycles. The van der Waals surface area contributed by atoms with Crippen molar-refractivity contribution >= 4 is 5.96 Å². The van der Waals surface area contributed by atoms with E-state index in [0.717, 1.165) is 11.4 Å². The lowest BCUT2D eigenvalue weighted by Gasteiger charge is -2.25. The van der Waals surface area contributed by atoms with E-state index in [1.54, 1.807) is 0 Å². The number of rotatable bonds is 3. The van der Waals surface area contributed by atoms with Gasteiger partial charge in [0, 0.05) is 17.8 Å². The van der Waals surface area contributed by atoms with Gasteiger partial charge in [0.05, 0.1) is 18.3 Å². The highest BCUT2D eigenvalue weighted by Gasteiger charge is 2.29. The number of guanidine groups is 1. The predicted octanol–water partition coefficient (Wildman–Crippen LogP) is 0.884. The summed E-state index contributed by atoms with van der Waals surface area (Å²) in [5.74, 6) is 0.588. The lowest BCUT2D eigenvalue weighted by molar-refractivity contribution is 0.378. The lowest BCUT2D eigenvalue weighted by atomic mass is 10.0. The van der Waals surface area contributed by atoms with Gasteiger partial charge >= 0.3 is 0 Å². The van der Waals surface area contributed by atoms with E-state index in [1.165, 1.54) is 5.56 Å². The van der Waals surface area contributed by atoms with Crippen molar-refractivity contribution in [2.45, 2.75) is 19.9 Å². The van der Waals surface area contributed by atoms with Crippen molar-refractivity contribution in [1.29, 1.82) is 0 Å². The summed E-state index contributed by atoms with van der Waals surface area (Å²) in [5, 5.41) is 7.21. The highest BCUT2D eigenvalue weighted by molar-refractivity contribution is 5.80. The molecule has 1 aliphatic rings. The fourth-order valence-corrected chi connectivity index (χ4v) is 2.19. The molecule has 0 radical (unpaired) electrons. The van der Waals surface area contributed by atoms with E-state index < -0.39 is 0 Å². The molecule has 2 heterocycles. The first-order valence-corrected chi connectivity index (χ1v) is 5.34. The van der Waals surface area contributed by atoms with E-state index in [-0.39, 0.29) is 6.04 Å². The number of aryl methyl sites for hydroxylation is 2. The quantitative estimate of drug-likeness (QED) is 0.741. The molecular weight excluding hydrogens is 202 g/mol. The molecule has 1 atom stereocenters. The molecule has 0 amide bonds. The van der Waals surface area contributed by atoms with Gasteiger partial charge in [-0.1, -0.05) is 6.08 Å². The van der Waals surface area contributed by atoms with Crippen LogP contribution in [0.5, 0.6) is 0 Å². The van der Waals surface area contributed by atoms with Crippen LogP contribution in [0.2, 0.25) is 0 Å². The van der Waals surface area contributed by atoms with Crippen LogP contribution < -0.4 is 5.73 Å². The molecule has 3 N–H and O–H groups in total. The molecule has 1 aliphatic heterocycles. The molecule has 0 aromatic carbocycles. The molecule has 5 heteroatoms. The molecule has 0 spiro atoms. The van der Waals surface area contributed by atoms with E-state index >= 15 is 0 Å². The number of aromatic amines is 1. The molecular formula is C11H17N5. The number of H-pyrrole nitrogens is 1. The van der Waals surface area contributed by atoms with Crippen molar-refractivity contribution in [3.63, 3.8) is 0 Å². The number of hydrogen-bond acceptors (Lipinski definition) is 4. The summed E-state index contributed by atoms with van der Waals surface area (Å²) in [7, 11) is 0. The minimum Gasteiger partial charge on any atom is -0.370 e. The summed E-state index contributed by atoms with van der Waals surface area (Å²) < 4.78 is 0. The van der Waals surface area contributed by atoms with Crippen molar-refractivity contribution in [3.8, 4) is 0 Å². The summed E-state index contributed by atoms with van der Waals surface area (Å²) in [5.41, 5.74) is 9.16. The first kappa shape index (κ1) is 10.7. The highest BCUT2D eigenvalue weighted by atomic mass is 15.3. The smallest absolute Gasteiger partial charge is 0.192 e. The Hall–Kier alpha value is -1.78. The van der Waals surface area contributed by atoms with Crippen LogP contribution in [-0.2, 0) is 0 Å². The summed E-state index contributed by atoms with van der Waals surface area (Å²) in [6.07, 6.45) is 1.84. The van der Waals surface area contributed by atoms with Crippen molar-refractivity contribution in [2.24, 2.45) is 10.7 Å². The third-order valence-corrected chi connectivity index (χ3v) is 2.94. The first-order valence-electron chi connectivity index (χ1n) is 5.34. The number of aromatic nitrogens is 2. The predicted molar refractivity (Wildman–Crippen MR) is 64.2 cm³/mol. The van der Waals surface area contributed by atoms with Crippen molar-refractivity contribution in [1.82, 2.24) is 15.1 Å². The molecule has 0 fully saturated rings. The number of nitrogens with zero attached hydrogens (tertiary/aromatic N) is 3. The lowest BCUT2D eigenvalue weighted by Crippen LogP contribution is -2.36. The Balaban J connectivity index is 2.32. The second-order valence-corrected chi connectivity index (χ2v) is 4.00. The molecule has 0 saturated heterocycles. The van der Waals surface area contributed by atoms with Crippen LogP contribution in [0.4, 0.5) is 0 Å². The van der Waals surface area contributed by atoms with Crippen molar-refractivity contribution < 1.29 is 0 Å². The maximum absolute atomic E-state index is 5.86. The second-order valence-electron chi connectivity index (χ2n) is 4.00. The summed E-state index contributed by atoms with van der Waals surface area (Å²) >= 11 is 0. The van der Waals surface area contributed by atoms with Crippen molar-refractivity contribution in [2.75, 3.05) is 13.1 Å². The maximum Gasteiger partial charge on any atom is 0.192 e. The van der Waals surface area contributed by atoms with Crippen LogP contribution in [0.25, 0.3) is 0 Å². The Labute approximate surface area is 95.0 Å². The Morgan fingerprint density at radius 2 is 2.38 bits per heavy atom. The number of hydrogen-bond donors (Lipinski definition) is 2. The van der Waals surface area contributed by atoms with Crippen LogP contribution in [-0.4, -0.2) is 34.1 Å². The van der Waals surface area contributed by atoms with Crippen LogP contribution in [0.15, 0.2) is 17.6 Å². The number of nitrogens with one attached hydrogen (secondary N) is 1. The van der Waals surface area contributed by atoms with E-state index in [1.807, 2.05) is 19.9 Å². The van der Waals surface area contributed by atoms with Crippen LogP contribution >= 0.6 is 0 Å². The standard InChI is InChI=1S/C11H17N5/c1-4-5-16-9(6-13-11(16)12)10-7(2)14-15-8(10)3/h4,9H,1,5-6H2,2-3H3,(H2,12,13)(H,14,15). The molecule has 5 nitrogen and oxygen atoms in total. The van der Waals surface area contributed by atoms with E-state index in [9.17, 15) is 0 Å². The molecule has 86 valence electrons. The maximum atomic E-state index is 5.86. The fourth-order valence-electron chi connectivity index (χ4n) is 2.19. The Bertz CT molecular complexity index is 412. The Morgan fingerprint density at radius 1 is 1.62 bits per heavy atom. The number of nitrogens with two attached hydrogens (primary N) is 1. The van der Waals surface area contributed by atoms with Gasteiger partial charge in [-0.05, 0) is 13.8 Å². The van der Waals surface area contributed by atoms with Crippen LogP contribution in [0, 0.1) is 13.8 Å². The third kappa shape index (κ3) is 1.58. The van der Waals surface area contributed by atoms with Crippen LogP contribution in [0.1, 0.15) is 23.0 Å². The van der Waals surface area contributed by atoms with Gasteiger partial charge in [0.1, 0.15) is 0 Å². The minimum absolute atomic E-state index is 0.191. The molecule has 0 saturated carbocycles. The highest BCUT2D eigenvalue weighted by Crippen LogP contribution is 2.28. The van der Waals surface area contributed by atoms with E-state index in [4.69, 9.17) is 5.73 Å². The van der Waals surface area contributed by atoms with Gasteiger partial charge in [0.15, 0.2) is 5.96 Å². The van der Waals surface area contributed by atoms with Gasteiger partial charge in [0.25, 0.3) is 0 Å². The zero-order valence-corrected chi connectivity index (χ0v) is 9.70. The summed E-state index contributed by atoms with van der Waals surface area (Å²) in [6.45, 7) is 9.17. The summed E-state index contributed by atoms with van der Waals surface area (Å²) in [6, 6.07) is 0.191. The topological polar surface area (TPSA) is 70.3 Å². The van der Waals surface area contributed by atoms with Gasteiger partial charge in [-0.15, -0.1) is 6.58 Å². The molecule has 16 heavy (non-hydrogen) atoms. The zero-order valence-electron chi connectivity index (χ0n) is 9.70. The fraction of sp³-hybridized carbons (Fsp3) is 0.455. The average Bonchev–Trinajstić information content (AvgIpc) is 2.74. The SMILES string of the molecule is C=CCN1C(N)=NCC1c1c(C)n[nH]c1C. The Morgan fingerprint density at radius 3 is 2.94 bits per heavy atom. The third-order valence-electron chi connectivity index (χ3n) is 2.94. The molecule has 1 unspecified atom stereocenters. The molecule has 2 rings (SSSR count). The van der Waals surface area contributed by atoms with E-state index in [2.05, 4.69) is 26.7 Å². The van der Waals surface area contributed by atoms with Crippen molar-refractivity contribution in [3.05, 3.63) is 29.6 Å². The van der Waals surface area contributed by atoms with Gasteiger partial charge < -0.3 is 10.6 Å². The molecule has 0 bridgehead atoms. The zero-order chi connectivity index (χ0) is 11.7. The monoisotopic (exact) mass is 219 g/mol. The Kier molecular flexibility index (Phi) is 2.68. The largest absolute Gasteiger partial charge is 0.370 e. The first-order chi connectivity index (χ1) is 7.65. The molecule has 1 aromatic rings. The van der Waals surface area contributed by atoms with Gasteiger partial charge in [-0.2, -0.15) is 5.10 Å². The minimum atomic E-state index is 0.191. The summed E-state index contributed by atoms with van der Waals surface area (Å²) in [4.78, 5) is 6.34. The van der Waals surface area contributed by atoms with Gasteiger partial charge in [-0.3, -0.25) is 10.1 Å². The van der Waals surface area contributed by atoms with Gasteiger partial charge in [0.2, 0.25) is 0 Å². The van der Waals surface area contributed by atoms with Crippen LogP contribution in [0.3, 0.4) is 0 Å².